The second-order valence-corrected chi connectivity index (χ2v) is 8.32. The summed E-state index contributed by atoms with van der Waals surface area (Å²) in [5.74, 6) is 1.59. The van der Waals surface area contributed by atoms with E-state index in [1.807, 2.05) is 37.3 Å². The van der Waals surface area contributed by atoms with Crippen molar-refractivity contribution in [2.75, 3.05) is 39.5 Å². The van der Waals surface area contributed by atoms with Crippen LogP contribution in [0.3, 0.4) is 0 Å². The zero-order chi connectivity index (χ0) is 20.2. The molecular weight excluding hydrogens is 390 g/mol. The van der Waals surface area contributed by atoms with Crippen LogP contribution in [-0.4, -0.2) is 45.4 Å². The van der Waals surface area contributed by atoms with Gasteiger partial charge in [0.2, 0.25) is 6.79 Å². The molecule has 0 radical (unpaired) electrons. The summed E-state index contributed by atoms with van der Waals surface area (Å²) in [5.41, 5.74) is 2.33. The SMILES string of the molecule is C[C@H](NC(=O)C[NH+]1CC[NH+](Cc2ccc(Cl)cc2)CC1)c1ccc2c(c1)OCO2. The van der Waals surface area contributed by atoms with Crippen molar-refractivity contribution in [3.05, 3.63) is 58.6 Å². The number of nitrogens with one attached hydrogen (secondary N) is 3. The minimum atomic E-state index is -0.0618. The van der Waals surface area contributed by atoms with E-state index in [0.717, 1.165) is 54.8 Å². The molecular formula is C22H28ClN3O3+2. The lowest BCUT2D eigenvalue weighted by atomic mass is 10.1. The molecule has 2 aromatic rings. The van der Waals surface area contributed by atoms with Crippen LogP contribution in [-0.2, 0) is 11.3 Å². The second kappa shape index (κ2) is 9.03. The highest BCUT2D eigenvalue weighted by atomic mass is 35.5. The van der Waals surface area contributed by atoms with E-state index in [1.165, 1.54) is 10.5 Å². The van der Waals surface area contributed by atoms with Gasteiger partial charge in [-0.3, -0.25) is 4.79 Å². The normalized spacial score (nSPS) is 21.6. The molecule has 1 saturated heterocycles. The van der Waals surface area contributed by atoms with E-state index in [2.05, 4.69) is 17.4 Å². The average molecular weight is 418 g/mol. The fourth-order valence-corrected chi connectivity index (χ4v) is 4.11. The van der Waals surface area contributed by atoms with Crippen molar-refractivity contribution in [3.63, 3.8) is 0 Å². The Morgan fingerprint density at radius 2 is 1.72 bits per heavy atom. The molecule has 2 aromatic carbocycles. The summed E-state index contributed by atoms with van der Waals surface area (Å²) >= 11 is 5.96. The molecule has 1 amide bonds. The minimum Gasteiger partial charge on any atom is -0.454 e. The van der Waals surface area contributed by atoms with Gasteiger partial charge in [-0.25, -0.2) is 0 Å². The van der Waals surface area contributed by atoms with E-state index in [0.29, 0.717) is 6.54 Å². The first-order valence-electron chi connectivity index (χ1n) is 10.2. The van der Waals surface area contributed by atoms with E-state index in [-0.39, 0.29) is 18.7 Å². The predicted molar refractivity (Wildman–Crippen MR) is 111 cm³/mol. The summed E-state index contributed by atoms with van der Waals surface area (Å²) in [5, 5.41) is 3.89. The number of halogens is 1. The first kappa shape index (κ1) is 20.0. The van der Waals surface area contributed by atoms with Crippen LogP contribution in [0.2, 0.25) is 5.02 Å². The molecule has 0 saturated carbocycles. The number of hydrogen-bond donors (Lipinski definition) is 3. The van der Waals surface area contributed by atoms with Crippen LogP contribution in [0.25, 0.3) is 0 Å². The third-order valence-electron chi connectivity index (χ3n) is 5.72. The Morgan fingerprint density at radius 1 is 1.03 bits per heavy atom. The lowest BCUT2D eigenvalue weighted by Gasteiger charge is -2.29. The standard InChI is InChI=1S/C22H26ClN3O3/c1-16(18-4-7-20-21(12-18)29-15-28-20)24-22(27)14-26-10-8-25(9-11-26)13-17-2-5-19(23)6-3-17/h2-7,12,16H,8-11,13-15H2,1H3,(H,24,27)/p+2/t16-/m0/s1. The maximum atomic E-state index is 12.5. The van der Waals surface area contributed by atoms with Crippen molar-refractivity contribution >= 4 is 17.5 Å². The van der Waals surface area contributed by atoms with Gasteiger partial charge < -0.3 is 24.6 Å². The lowest BCUT2D eigenvalue weighted by Crippen LogP contribution is -3.28. The van der Waals surface area contributed by atoms with Gasteiger partial charge in [0, 0.05) is 10.6 Å². The number of carbonyl (C=O) groups excluding carboxylic acids is 1. The molecule has 154 valence electrons. The van der Waals surface area contributed by atoms with Crippen molar-refractivity contribution in [1.29, 1.82) is 0 Å². The molecule has 2 heterocycles. The largest absolute Gasteiger partial charge is 0.454 e. The van der Waals surface area contributed by atoms with E-state index in [9.17, 15) is 4.79 Å². The molecule has 7 heteroatoms. The van der Waals surface area contributed by atoms with Crippen LogP contribution in [0, 0.1) is 0 Å². The van der Waals surface area contributed by atoms with Crippen LogP contribution >= 0.6 is 11.6 Å². The van der Waals surface area contributed by atoms with Crippen LogP contribution in [0.15, 0.2) is 42.5 Å². The van der Waals surface area contributed by atoms with Gasteiger partial charge in [-0.05, 0) is 36.8 Å². The summed E-state index contributed by atoms with van der Waals surface area (Å²) in [6, 6.07) is 13.8. The maximum absolute atomic E-state index is 12.5. The molecule has 29 heavy (non-hydrogen) atoms. The van der Waals surface area contributed by atoms with Gasteiger partial charge in [-0.15, -0.1) is 0 Å². The van der Waals surface area contributed by atoms with Gasteiger partial charge in [0.15, 0.2) is 18.0 Å². The summed E-state index contributed by atoms with van der Waals surface area (Å²) < 4.78 is 10.8. The molecule has 0 spiro atoms. The molecule has 6 nitrogen and oxygen atoms in total. The molecule has 1 fully saturated rings. The molecule has 0 aromatic heterocycles. The third kappa shape index (κ3) is 5.21. The minimum absolute atomic E-state index is 0.0618. The van der Waals surface area contributed by atoms with Crippen molar-refractivity contribution in [3.8, 4) is 11.5 Å². The fraction of sp³-hybridized carbons (Fsp3) is 0.409. The molecule has 1 atom stereocenters. The van der Waals surface area contributed by atoms with E-state index < -0.39 is 0 Å². The highest BCUT2D eigenvalue weighted by Gasteiger charge is 2.25. The fourth-order valence-electron chi connectivity index (χ4n) is 3.99. The number of amides is 1. The number of hydrogen-bond acceptors (Lipinski definition) is 3. The zero-order valence-corrected chi connectivity index (χ0v) is 17.4. The summed E-state index contributed by atoms with van der Waals surface area (Å²) in [7, 11) is 0. The first-order valence-corrected chi connectivity index (χ1v) is 10.5. The van der Waals surface area contributed by atoms with Crippen LogP contribution in [0.5, 0.6) is 11.5 Å². The summed E-state index contributed by atoms with van der Waals surface area (Å²) in [6.45, 7) is 7.95. The van der Waals surface area contributed by atoms with Crippen molar-refractivity contribution in [1.82, 2.24) is 5.32 Å². The van der Waals surface area contributed by atoms with Gasteiger partial charge in [0.1, 0.15) is 32.7 Å². The summed E-state index contributed by atoms with van der Waals surface area (Å²) in [4.78, 5) is 15.4. The molecule has 4 rings (SSSR count). The van der Waals surface area contributed by atoms with Crippen molar-refractivity contribution < 1.29 is 24.1 Å². The van der Waals surface area contributed by atoms with Gasteiger partial charge >= 0.3 is 0 Å². The Hall–Kier alpha value is -2.28. The van der Waals surface area contributed by atoms with Gasteiger partial charge in [0.05, 0.1) is 6.04 Å². The number of carbonyl (C=O) groups is 1. The summed E-state index contributed by atoms with van der Waals surface area (Å²) in [6.07, 6.45) is 0. The Balaban J connectivity index is 1.22. The highest BCUT2D eigenvalue weighted by molar-refractivity contribution is 6.30. The monoisotopic (exact) mass is 417 g/mol. The molecule has 3 N–H and O–H groups in total. The smallest absolute Gasteiger partial charge is 0.275 e. The quantitative estimate of drug-likeness (QED) is 0.630. The number of ether oxygens (including phenoxy) is 2. The van der Waals surface area contributed by atoms with Crippen LogP contribution < -0.4 is 24.6 Å². The lowest BCUT2D eigenvalue weighted by molar-refractivity contribution is -1.02. The number of piperazine rings is 1. The second-order valence-electron chi connectivity index (χ2n) is 7.88. The van der Waals surface area contributed by atoms with E-state index in [1.54, 1.807) is 4.90 Å². The third-order valence-corrected chi connectivity index (χ3v) is 5.97. The predicted octanol–water partition coefficient (Wildman–Crippen LogP) is 0.230. The van der Waals surface area contributed by atoms with Crippen LogP contribution in [0.4, 0.5) is 0 Å². The Kier molecular flexibility index (Phi) is 6.23. The van der Waals surface area contributed by atoms with Crippen molar-refractivity contribution in [2.45, 2.75) is 19.5 Å². The topological polar surface area (TPSA) is 56.4 Å². The number of fused-ring (bicyclic) bond motifs is 1. The highest BCUT2D eigenvalue weighted by Crippen LogP contribution is 2.34. The number of quaternary nitrogens is 2. The van der Waals surface area contributed by atoms with E-state index >= 15 is 0 Å². The maximum Gasteiger partial charge on any atom is 0.275 e. The molecule has 0 bridgehead atoms. The van der Waals surface area contributed by atoms with Gasteiger partial charge in [-0.2, -0.15) is 0 Å². The molecule has 2 aliphatic rings. The Morgan fingerprint density at radius 3 is 2.48 bits per heavy atom. The van der Waals surface area contributed by atoms with Gasteiger partial charge in [0.25, 0.3) is 5.91 Å². The Labute approximate surface area is 176 Å². The van der Waals surface area contributed by atoms with E-state index in [4.69, 9.17) is 21.1 Å². The molecule has 0 aliphatic carbocycles. The molecule has 2 aliphatic heterocycles. The van der Waals surface area contributed by atoms with Gasteiger partial charge in [-0.1, -0.05) is 29.8 Å². The molecule has 0 unspecified atom stereocenters. The average Bonchev–Trinajstić information content (AvgIpc) is 3.19. The number of rotatable bonds is 6. The number of benzene rings is 2. The first-order chi connectivity index (χ1) is 14.1. The zero-order valence-electron chi connectivity index (χ0n) is 16.7. The van der Waals surface area contributed by atoms with Crippen LogP contribution in [0.1, 0.15) is 24.1 Å². The Bertz CT molecular complexity index is 851. The van der Waals surface area contributed by atoms with Crippen molar-refractivity contribution in [2.24, 2.45) is 0 Å².